The molecular weight excluding hydrogens is 688 g/mol. The smallest absolute Gasteiger partial charge is 0.338 e. The Kier molecular flexibility index (Phi) is 16.1. The average molecular weight is 737 g/mol. The van der Waals surface area contributed by atoms with E-state index in [2.05, 4.69) is 10.6 Å². The van der Waals surface area contributed by atoms with E-state index in [4.69, 9.17) is 15.2 Å². The van der Waals surface area contributed by atoms with Crippen LogP contribution in [0.4, 0.5) is 0 Å². The van der Waals surface area contributed by atoms with Crippen molar-refractivity contribution in [2.24, 2.45) is 5.73 Å². The first-order valence-corrected chi connectivity index (χ1v) is 17.4. The first-order chi connectivity index (χ1) is 24.5. The van der Waals surface area contributed by atoms with Gasteiger partial charge in [0.1, 0.15) is 30.0 Å². The molecule has 0 bridgehead atoms. The van der Waals surface area contributed by atoms with Crippen molar-refractivity contribution in [3.63, 3.8) is 0 Å². The van der Waals surface area contributed by atoms with Crippen molar-refractivity contribution in [1.29, 1.82) is 0 Å². The summed E-state index contributed by atoms with van der Waals surface area (Å²) in [6.45, 7) is 4.12. The lowest BCUT2D eigenvalue weighted by Crippen LogP contribution is -2.63. The van der Waals surface area contributed by atoms with Gasteiger partial charge in [0.2, 0.25) is 17.7 Å². The number of carboxylic acids is 1. The van der Waals surface area contributed by atoms with Gasteiger partial charge in [0.25, 0.3) is 0 Å². The number of unbranched alkanes of at least 4 members (excludes halogenated alkanes) is 1. The standard InChI is InChI=1S/C39H48N4O8.ClH/c1-3-39(2,42-34(44)31(40)17-10-11-24-50-37(48)29-15-8-5-9-16-29)38(49)41-32(35(45)43-23-12-18-33(43)36(46)47)25-27-19-21-30(22-20-27)51-26-28-13-6-4-7-14-28;/h4-9,13-16,19-22,31-33H,3,10-12,17-18,23-26,40H2,1-2H3,(H,41,49)(H,42,44)(H,46,47);1H/t31-,32-,33+,39-;/m0./s1. The predicted octanol–water partition coefficient (Wildman–Crippen LogP) is 4.43. The number of ether oxygens (including phenoxy) is 2. The summed E-state index contributed by atoms with van der Waals surface area (Å²) in [5, 5.41) is 15.3. The summed E-state index contributed by atoms with van der Waals surface area (Å²) in [6, 6.07) is 22.5. The van der Waals surface area contributed by atoms with Gasteiger partial charge < -0.3 is 35.8 Å². The maximum absolute atomic E-state index is 13.9. The van der Waals surface area contributed by atoms with E-state index in [0.29, 0.717) is 50.0 Å². The molecule has 0 radical (unpaired) electrons. The number of benzene rings is 3. The molecule has 3 amide bonds. The number of rotatable bonds is 18. The van der Waals surface area contributed by atoms with Crippen molar-refractivity contribution in [3.05, 3.63) is 102 Å². The largest absolute Gasteiger partial charge is 0.489 e. The minimum Gasteiger partial charge on any atom is -0.489 e. The van der Waals surface area contributed by atoms with Gasteiger partial charge in [-0.3, -0.25) is 14.4 Å². The van der Waals surface area contributed by atoms with Gasteiger partial charge in [0.05, 0.1) is 18.2 Å². The Morgan fingerprint density at radius 1 is 0.942 bits per heavy atom. The van der Waals surface area contributed by atoms with E-state index < -0.39 is 53.3 Å². The fraction of sp³-hybridized carbons (Fsp3) is 0.410. The molecule has 280 valence electrons. The van der Waals surface area contributed by atoms with Crippen LogP contribution in [-0.4, -0.2) is 76.5 Å². The molecule has 0 spiro atoms. The number of esters is 1. The molecule has 3 aromatic carbocycles. The summed E-state index contributed by atoms with van der Waals surface area (Å²) < 4.78 is 11.2. The van der Waals surface area contributed by atoms with Gasteiger partial charge in [0, 0.05) is 13.0 Å². The molecule has 1 fully saturated rings. The monoisotopic (exact) mass is 736 g/mol. The average Bonchev–Trinajstić information content (AvgIpc) is 3.65. The number of carbonyl (C=O) groups excluding carboxylic acids is 4. The maximum atomic E-state index is 13.9. The number of hydrogen-bond donors (Lipinski definition) is 4. The van der Waals surface area contributed by atoms with Crippen LogP contribution < -0.4 is 21.1 Å². The van der Waals surface area contributed by atoms with Crippen molar-refractivity contribution in [1.82, 2.24) is 15.5 Å². The van der Waals surface area contributed by atoms with Crippen LogP contribution in [0, 0.1) is 0 Å². The molecule has 3 aromatic rings. The fourth-order valence-electron chi connectivity index (χ4n) is 5.79. The first-order valence-electron chi connectivity index (χ1n) is 17.4. The number of carbonyl (C=O) groups is 5. The molecule has 1 aliphatic heterocycles. The minimum atomic E-state index is -1.41. The van der Waals surface area contributed by atoms with Crippen molar-refractivity contribution < 1.29 is 38.6 Å². The summed E-state index contributed by atoms with van der Waals surface area (Å²) in [7, 11) is 0. The van der Waals surface area contributed by atoms with E-state index in [1.807, 2.05) is 36.4 Å². The summed E-state index contributed by atoms with van der Waals surface area (Å²) in [6.07, 6.45) is 2.46. The molecule has 0 aliphatic carbocycles. The number of carboxylic acid groups (broad SMARTS) is 1. The zero-order valence-corrected chi connectivity index (χ0v) is 30.4. The highest BCUT2D eigenvalue weighted by Gasteiger charge is 2.41. The molecule has 0 unspecified atom stereocenters. The lowest BCUT2D eigenvalue weighted by Gasteiger charge is -2.33. The highest BCUT2D eigenvalue weighted by molar-refractivity contribution is 5.96. The van der Waals surface area contributed by atoms with Crippen LogP contribution >= 0.6 is 12.4 Å². The van der Waals surface area contributed by atoms with Gasteiger partial charge in [-0.1, -0.05) is 67.6 Å². The van der Waals surface area contributed by atoms with Crippen LogP contribution in [0.25, 0.3) is 0 Å². The van der Waals surface area contributed by atoms with E-state index in [1.54, 1.807) is 62.4 Å². The maximum Gasteiger partial charge on any atom is 0.338 e. The number of likely N-dealkylation sites (tertiary alicyclic amines) is 1. The van der Waals surface area contributed by atoms with Crippen LogP contribution in [0.15, 0.2) is 84.9 Å². The zero-order chi connectivity index (χ0) is 36.8. The Bertz CT molecular complexity index is 1630. The van der Waals surface area contributed by atoms with Crippen LogP contribution in [-0.2, 0) is 36.9 Å². The van der Waals surface area contributed by atoms with E-state index in [9.17, 15) is 29.1 Å². The lowest BCUT2D eigenvalue weighted by atomic mass is 9.95. The quantitative estimate of drug-likeness (QED) is 0.109. The first kappa shape index (κ1) is 41.5. The lowest BCUT2D eigenvalue weighted by molar-refractivity contribution is -0.149. The summed E-state index contributed by atoms with van der Waals surface area (Å²) in [5.74, 6) is -2.52. The van der Waals surface area contributed by atoms with Gasteiger partial charge in [-0.05, 0) is 80.8 Å². The van der Waals surface area contributed by atoms with Gasteiger partial charge in [-0.2, -0.15) is 0 Å². The van der Waals surface area contributed by atoms with Crippen LogP contribution in [0.5, 0.6) is 5.75 Å². The van der Waals surface area contributed by atoms with Crippen molar-refractivity contribution >= 4 is 42.1 Å². The van der Waals surface area contributed by atoms with Gasteiger partial charge in [-0.15, -0.1) is 12.4 Å². The number of halogens is 1. The van der Waals surface area contributed by atoms with Crippen LogP contribution in [0.3, 0.4) is 0 Å². The molecule has 0 aromatic heterocycles. The van der Waals surface area contributed by atoms with E-state index >= 15 is 0 Å². The SMILES string of the molecule is CC[C@](C)(NC(=O)[C@@H](N)CCCCOC(=O)c1ccccc1)C(=O)N[C@@H](Cc1ccc(OCc2ccccc2)cc1)C(=O)N1CCC[C@@H]1C(=O)O.Cl. The number of nitrogens with zero attached hydrogens (tertiary/aromatic N) is 1. The Labute approximate surface area is 310 Å². The number of hydrogen-bond acceptors (Lipinski definition) is 8. The Balaban J connectivity index is 0.00000729. The van der Waals surface area contributed by atoms with E-state index in [1.165, 1.54) is 4.90 Å². The number of nitrogens with one attached hydrogen (secondary N) is 2. The second kappa shape index (κ2) is 20.2. The van der Waals surface area contributed by atoms with Crippen molar-refractivity contribution in [2.75, 3.05) is 13.2 Å². The Morgan fingerprint density at radius 3 is 2.23 bits per heavy atom. The van der Waals surface area contributed by atoms with Crippen molar-refractivity contribution in [2.45, 2.75) is 89.1 Å². The predicted molar refractivity (Wildman–Crippen MR) is 198 cm³/mol. The topological polar surface area (TPSA) is 177 Å². The molecule has 52 heavy (non-hydrogen) atoms. The Hall–Kier alpha value is -4.94. The molecule has 0 saturated carbocycles. The van der Waals surface area contributed by atoms with Gasteiger partial charge in [-0.25, -0.2) is 9.59 Å². The molecule has 4 atom stereocenters. The fourth-order valence-corrected chi connectivity index (χ4v) is 5.79. The molecule has 4 rings (SSSR count). The molecule has 1 heterocycles. The summed E-state index contributed by atoms with van der Waals surface area (Å²) in [5.41, 5.74) is 6.97. The molecule has 1 saturated heterocycles. The second-order valence-corrected chi connectivity index (χ2v) is 13.0. The summed E-state index contributed by atoms with van der Waals surface area (Å²) >= 11 is 0. The number of aliphatic carboxylic acids is 1. The molecular formula is C39H49ClN4O8. The highest BCUT2D eigenvalue weighted by Crippen LogP contribution is 2.22. The molecule has 13 heteroatoms. The number of amides is 3. The number of nitrogens with two attached hydrogens (primary N) is 1. The minimum absolute atomic E-state index is 0. The van der Waals surface area contributed by atoms with E-state index in [0.717, 1.165) is 11.1 Å². The summed E-state index contributed by atoms with van der Waals surface area (Å²) in [4.78, 5) is 66.2. The Morgan fingerprint density at radius 2 is 1.60 bits per heavy atom. The second-order valence-electron chi connectivity index (χ2n) is 13.0. The van der Waals surface area contributed by atoms with Crippen LogP contribution in [0.1, 0.15) is 73.9 Å². The van der Waals surface area contributed by atoms with Gasteiger partial charge >= 0.3 is 11.9 Å². The third-order valence-electron chi connectivity index (χ3n) is 9.13. The zero-order valence-electron chi connectivity index (χ0n) is 29.6. The molecule has 1 aliphatic rings. The highest BCUT2D eigenvalue weighted by atomic mass is 35.5. The van der Waals surface area contributed by atoms with E-state index in [-0.39, 0.29) is 38.4 Å². The van der Waals surface area contributed by atoms with Crippen molar-refractivity contribution in [3.8, 4) is 5.75 Å². The normalized spacial score (nSPS) is 16.0. The molecule has 12 nitrogen and oxygen atoms in total. The third-order valence-corrected chi connectivity index (χ3v) is 9.13. The molecule has 5 N–H and O–H groups in total. The third kappa shape index (κ3) is 11.8. The van der Waals surface area contributed by atoms with Gasteiger partial charge in [0.15, 0.2) is 0 Å². The van der Waals surface area contributed by atoms with Crippen LogP contribution in [0.2, 0.25) is 0 Å².